The molecule has 1 aliphatic heterocycles. The molecule has 0 spiro atoms. The summed E-state index contributed by atoms with van der Waals surface area (Å²) < 4.78 is 22.0. The number of methoxy groups -OCH3 is 1. The van der Waals surface area contributed by atoms with E-state index in [9.17, 15) is 9.00 Å². The van der Waals surface area contributed by atoms with E-state index in [4.69, 9.17) is 4.74 Å². The zero-order valence-corrected chi connectivity index (χ0v) is 11.6. The molecule has 0 aromatic carbocycles. The number of nitrogens with zero attached hydrogens (tertiary/aromatic N) is 1. The number of carbonyl (C=O) groups is 1. The van der Waals surface area contributed by atoms with E-state index in [1.807, 2.05) is 0 Å². The van der Waals surface area contributed by atoms with Gasteiger partial charge in [-0.3, -0.25) is 9.19 Å². The summed E-state index contributed by atoms with van der Waals surface area (Å²) in [4.78, 5) is 15.4. The van der Waals surface area contributed by atoms with Gasteiger partial charge in [-0.15, -0.1) is 0 Å². The Morgan fingerprint density at radius 1 is 1.58 bits per heavy atom. The maximum absolute atomic E-state index is 11.9. The molecule has 0 amide bonds. The molecule has 1 fully saturated rings. The predicted molar refractivity (Wildman–Crippen MR) is 71.3 cm³/mol. The molecule has 1 aliphatic rings. The Hall–Kier alpha value is -1.27. The number of esters is 1. The molecule has 0 N–H and O–H groups in total. The van der Waals surface area contributed by atoms with E-state index >= 15 is 0 Å². The van der Waals surface area contributed by atoms with Gasteiger partial charge in [0.15, 0.2) is 0 Å². The summed E-state index contributed by atoms with van der Waals surface area (Å²) in [7, 11) is 0.343. The molecule has 1 aromatic rings. The summed E-state index contributed by atoms with van der Waals surface area (Å²) >= 11 is 0. The van der Waals surface area contributed by atoms with Crippen molar-refractivity contribution in [3.63, 3.8) is 0 Å². The normalized spacial score (nSPS) is 20.2. The number of rotatable bonds is 5. The van der Waals surface area contributed by atoms with Crippen LogP contribution in [-0.2, 0) is 26.0 Å². The minimum Gasteiger partial charge on any atom is -0.465 e. The molecular weight excluding hydrogens is 266 g/mol. The highest BCUT2D eigenvalue weighted by molar-refractivity contribution is 7.84. The van der Waals surface area contributed by atoms with E-state index < -0.39 is 16.8 Å². The number of hydrogen-bond donors (Lipinski definition) is 0. The van der Waals surface area contributed by atoms with E-state index in [0.29, 0.717) is 22.8 Å². The van der Waals surface area contributed by atoms with Crippen LogP contribution in [0.1, 0.15) is 28.9 Å². The van der Waals surface area contributed by atoms with Gasteiger partial charge in [-0.25, -0.2) is 4.79 Å². The molecule has 6 heteroatoms. The van der Waals surface area contributed by atoms with Crippen molar-refractivity contribution in [3.05, 3.63) is 29.6 Å². The van der Waals surface area contributed by atoms with E-state index in [2.05, 4.69) is 9.72 Å². The Bertz CT molecular complexity index is 454. The van der Waals surface area contributed by atoms with Gasteiger partial charge in [-0.1, -0.05) is 0 Å². The van der Waals surface area contributed by atoms with Crippen molar-refractivity contribution in [2.45, 2.75) is 24.7 Å². The van der Waals surface area contributed by atoms with Crippen LogP contribution in [0.15, 0.2) is 18.3 Å². The number of carbonyl (C=O) groups excluding carboxylic acids is 1. The summed E-state index contributed by atoms with van der Waals surface area (Å²) in [6.45, 7) is 0.772. The number of aromatic nitrogens is 1. The van der Waals surface area contributed by atoms with Gasteiger partial charge in [0.2, 0.25) is 0 Å². The van der Waals surface area contributed by atoms with Gasteiger partial charge in [0, 0.05) is 23.6 Å². The average Bonchev–Trinajstić information content (AvgIpc) is 2.91. The van der Waals surface area contributed by atoms with Crippen LogP contribution >= 0.6 is 0 Å². The minimum absolute atomic E-state index is 0.121. The predicted octanol–water partition coefficient (Wildman–Crippen LogP) is 1.30. The number of ether oxygens (including phenoxy) is 2. The van der Waals surface area contributed by atoms with Crippen molar-refractivity contribution < 1.29 is 18.5 Å². The monoisotopic (exact) mass is 283 g/mol. The first-order valence-corrected chi connectivity index (χ1v) is 7.67. The quantitative estimate of drug-likeness (QED) is 0.762. The second-order valence-corrected chi connectivity index (χ2v) is 5.92. The van der Waals surface area contributed by atoms with Crippen LogP contribution in [-0.4, -0.2) is 40.7 Å². The van der Waals surface area contributed by atoms with Crippen molar-refractivity contribution in [1.29, 1.82) is 0 Å². The first-order chi connectivity index (χ1) is 9.19. The van der Waals surface area contributed by atoms with Gasteiger partial charge in [0.25, 0.3) is 0 Å². The Kier molecular flexibility index (Phi) is 5.04. The largest absolute Gasteiger partial charge is 0.465 e. The lowest BCUT2D eigenvalue weighted by molar-refractivity contribution is 0.0600. The summed E-state index contributed by atoms with van der Waals surface area (Å²) in [6, 6.07) is 3.34. The molecule has 2 heterocycles. The molecule has 2 rings (SSSR count). The smallest absolute Gasteiger partial charge is 0.339 e. The number of pyridine rings is 1. The SMILES string of the molecule is COC(=O)c1ccc(CS(=O)CC2CCCO2)nc1. The molecule has 5 nitrogen and oxygen atoms in total. The van der Waals surface area contributed by atoms with Gasteiger partial charge < -0.3 is 9.47 Å². The molecule has 0 aliphatic carbocycles. The maximum atomic E-state index is 11.9. The average molecular weight is 283 g/mol. The molecule has 0 radical (unpaired) electrons. The second kappa shape index (κ2) is 6.77. The lowest BCUT2D eigenvalue weighted by atomic mass is 10.2. The van der Waals surface area contributed by atoms with Crippen LogP contribution < -0.4 is 0 Å². The lowest BCUT2D eigenvalue weighted by Gasteiger charge is -2.08. The zero-order chi connectivity index (χ0) is 13.7. The first-order valence-electron chi connectivity index (χ1n) is 6.19. The fourth-order valence-electron chi connectivity index (χ4n) is 1.96. The second-order valence-electron chi connectivity index (χ2n) is 4.42. The van der Waals surface area contributed by atoms with Crippen LogP contribution in [0.25, 0.3) is 0 Å². The van der Waals surface area contributed by atoms with E-state index in [-0.39, 0.29) is 6.10 Å². The highest BCUT2D eigenvalue weighted by atomic mass is 32.2. The third-order valence-electron chi connectivity index (χ3n) is 2.95. The standard InChI is InChI=1S/C13H17NO4S/c1-17-13(15)10-4-5-11(14-7-10)8-19(16)9-12-3-2-6-18-12/h4-5,7,12H,2-3,6,8-9H2,1H3. The Morgan fingerprint density at radius 3 is 3.00 bits per heavy atom. The maximum Gasteiger partial charge on any atom is 0.339 e. The third-order valence-corrected chi connectivity index (χ3v) is 4.31. The topological polar surface area (TPSA) is 65.5 Å². The number of hydrogen-bond acceptors (Lipinski definition) is 5. The van der Waals surface area contributed by atoms with Crippen molar-refractivity contribution in [3.8, 4) is 0 Å². The van der Waals surface area contributed by atoms with E-state index in [0.717, 1.165) is 19.4 Å². The molecule has 1 aromatic heterocycles. The molecule has 0 bridgehead atoms. The van der Waals surface area contributed by atoms with Gasteiger partial charge in [-0.2, -0.15) is 0 Å². The zero-order valence-electron chi connectivity index (χ0n) is 10.8. The summed E-state index contributed by atoms with van der Waals surface area (Å²) in [6.07, 6.45) is 3.61. The van der Waals surface area contributed by atoms with Crippen LogP contribution in [0.3, 0.4) is 0 Å². The van der Waals surface area contributed by atoms with Crippen molar-refractivity contribution in [1.82, 2.24) is 4.98 Å². The molecular formula is C13H17NO4S. The molecule has 0 saturated carbocycles. The van der Waals surface area contributed by atoms with Gasteiger partial charge >= 0.3 is 5.97 Å². The van der Waals surface area contributed by atoms with Crippen LogP contribution in [0.5, 0.6) is 0 Å². The molecule has 1 saturated heterocycles. The van der Waals surface area contributed by atoms with Crippen LogP contribution in [0.4, 0.5) is 0 Å². The minimum atomic E-state index is -0.984. The van der Waals surface area contributed by atoms with E-state index in [1.54, 1.807) is 12.1 Å². The highest BCUT2D eigenvalue weighted by Crippen LogP contribution is 2.14. The summed E-state index contributed by atoms with van der Waals surface area (Å²) in [5.41, 5.74) is 1.11. The molecule has 104 valence electrons. The fourth-order valence-corrected chi connectivity index (χ4v) is 3.25. The molecule has 2 unspecified atom stereocenters. The first kappa shape index (κ1) is 14.1. The van der Waals surface area contributed by atoms with E-state index in [1.165, 1.54) is 13.3 Å². The Morgan fingerprint density at radius 2 is 2.42 bits per heavy atom. The Balaban J connectivity index is 1.88. The Labute approximate surface area is 114 Å². The van der Waals surface area contributed by atoms with Gasteiger partial charge in [-0.05, 0) is 25.0 Å². The summed E-state index contributed by atoms with van der Waals surface area (Å²) in [5, 5.41) is 0. The van der Waals surface area contributed by atoms with Gasteiger partial charge in [0.1, 0.15) is 0 Å². The highest BCUT2D eigenvalue weighted by Gasteiger charge is 2.18. The third kappa shape index (κ3) is 4.11. The van der Waals surface area contributed by atoms with Crippen LogP contribution in [0.2, 0.25) is 0 Å². The molecule has 2 atom stereocenters. The van der Waals surface area contributed by atoms with Crippen molar-refractivity contribution in [2.75, 3.05) is 19.5 Å². The molecule has 19 heavy (non-hydrogen) atoms. The van der Waals surface area contributed by atoms with Crippen molar-refractivity contribution in [2.24, 2.45) is 0 Å². The van der Waals surface area contributed by atoms with Crippen LogP contribution in [0, 0.1) is 0 Å². The summed E-state index contributed by atoms with van der Waals surface area (Å²) in [5.74, 6) is 0.529. The van der Waals surface area contributed by atoms with Crippen molar-refractivity contribution >= 4 is 16.8 Å². The van der Waals surface area contributed by atoms with Gasteiger partial charge in [0.05, 0.1) is 36.0 Å². The lowest BCUT2D eigenvalue weighted by Crippen LogP contribution is -2.17. The fraction of sp³-hybridized carbons (Fsp3) is 0.538.